The normalized spacial score (nSPS) is 11.7. The highest BCUT2D eigenvalue weighted by atomic mass is 32.2. The molecule has 1 aromatic carbocycles. The summed E-state index contributed by atoms with van der Waals surface area (Å²) in [6, 6.07) is 10.6. The maximum absolute atomic E-state index is 12.5. The monoisotopic (exact) mass is 305 g/mol. The van der Waals surface area contributed by atoms with E-state index in [1.165, 1.54) is 4.31 Å². The molecule has 0 aliphatic heterocycles. The second kappa shape index (κ2) is 6.69. The summed E-state index contributed by atoms with van der Waals surface area (Å²) < 4.78 is 26.5. The van der Waals surface area contributed by atoms with Crippen molar-refractivity contribution in [1.29, 1.82) is 0 Å². The highest BCUT2D eigenvalue weighted by Crippen LogP contribution is 2.15. The van der Waals surface area contributed by atoms with Crippen LogP contribution in [0.15, 0.2) is 48.8 Å². The van der Waals surface area contributed by atoms with Crippen molar-refractivity contribution >= 4 is 15.7 Å². The number of pyridine rings is 1. The number of nitrogens with zero attached hydrogens (tertiary/aromatic N) is 2. The lowest BCUT2D eigenvalue weighted by molar-refractivity contribution is 0.422. The van der Waals surface area contributed by atoms with Crippen LogP contribution < -0.4 is 5.73 Å². The van der Waals surface area contributed by atoms with Crippen LogP contribution >= 0.6 is 0 Å². The number of sulfonamides is 1. The molecule has 0 bridgehead atoms. The van der Waals surface area contributed by atoms with E-state index in [1.807, 2.05) is 19.1 Å². The van der Waals surface area contributed by atoms with Gasteiger partial charge >= 0.3 is 0 Å². The van der Waals surface area contributed by atoms with Crippen molar-refractivity contribution in [3.05, 3.63) is 59.9 Å². The van der Waals surface area contributed by atoms with Crippen LogP contribution in [-0.4, -0.2) is 24.3 Å². The highest BCUT2D eigenvalue weighted by Gasteiger charge is 2.21. The number of benzene rings is 1. The minimum atomic E-state index is -3.38. The molecule has 1 aromatic heterocycles. The minimum absolute atomic E-state index is 0.0447. The Morgan fingerprint density at radius 3 is 2.48 bits per heavy atom. The van der Waals surface area contributed by atoms with Crippen molar-refractivity contribution in [2.45, 2.75) is 19.2 Å². The van der Waals surface area contributed by atoms with Crippen LogP contribution in [0.5, 0.6) is 0 Å². The molecule has 1 heterocycles. The van der Waals surface area contributed by atoms with Crippen molar-refractivity contribution in [3.63, 3.8) is 0 Å². The molecule has 2 N–H and O–H groups in total. The average molecular weight is 305 g/mol. The summed E-state index contributed by atoms with van der Waals surface area (Å²) in [7, 11) is -3.38. The lowest BCUT2D eigenvalue weighted by Crippen LogP contribution is -2.31. The van der Waals surface area contributed by atoms with Crippen molar-refractivity contribution < 1.29 is 8.42 Å². The van der Waals surface area contributed by atoms with Gasteiger partial charge in [0, 0.05) is 31.2 Å². The Morgan fingerprint density at radius 2 is 1.86 bits per heavy atom. The molecule has 6 heteroatoms. The van der Waals surface area contributed by atoms with E-state index in [2.05, 4.69) is 4.98 Å². The fourth-order valence-corrected chi connectivity index (χ4v) is 3.61. The zero-order valence-electron chi connectivity index (χ0n) is 11.9. The van der Waals surface area contributed by atoms with Crippen molar-refractivity contribution in [3.8, 4) is 0 Å². The van der Waals surface area contributed by atoms with Crippen LogP contribution in [0.3, 0.4) is 0 Å². The molecule has 2 aromatic rings. The fourth-order valence-electron chi connectivity index (χ4n) is 2.08. The van der Waals surface area contributed by atoms with Crippen molar-refractivity contribution in [2.75, 3.05) is 12.3 Å². The van der Waals surface area contributed by atoms with E-state index < -0.39 is 10.0 Å². The van der Waals surface area contributed by atoms with Gasteiger partial charge in [-0.1, -0.05) is 19.1 Å². The maximum atomic E-state index is 12.5. The predicted octanol–water partition coefficient (Wildman–Crippen LogP) is 2.02. The molecular formula is C15H19N3O2S. The predicted molar refractivity (Wildman–Crippen MR) is 83.8 cm³/mol. The second-order valence-corrected chi connectivity index (χ2v) is 6.75. The van der Waals surface area contributed by atoms with Gasteiger partial charge in [0.25, 0.3) is 0 Å². The van der Waals surface area contributed by atoms with Gasteiger partial charge in [-0.2, -0.15) is 4.31 Å². The number of hydrogen-bond donors (Lipinski definition) is 1. The molecule has 5 nitrogen and oxygen atoms in total. The molecular weight excluding hydrogens is 286 g/mol. The van der Waals surface area contributed by atoms with Gasteiger partial charge in [-0.15, -0.1) is 0 Å². The number of anilines is 1. The van der Waals surface area contributed by atoms with Crippen LogP contribution in [-0.2, 0) is 22.3 Å². The Labute approximate surface area is 125 Å². The van der Waals surface area contributed by atoms with E-state index in [1.54, 1.807) is 36.7 Å². The van der Waals surface area contributed by atoms with Crippen LogP contribution in [0.1, 0.15) is 18.1 Å². The first-order valence-electron chi connectivity index (χ1n) is 6.72. The van der Waals surface area contributed by atoms with Gasteiger partial charge in [0.05, 0.1) is 5.75 Å². The number of hydrogen-bond acceptors (Lipinski definition) is 4. The second-order valence-electron chi connectivity index (χ2n) is 4.78. The molecule has 0 saturated carbocycles. The molecule has 112 valence electrons. The zero-order valence-corrected chi connectivity index (χ0v) is 12.8. The minimum Gasteiger partial charge on any atom is -0.399 e. The molecule has 0 fully saturated rings. The maximum Gasteiger partial charge on any atom is 0.218 e. The number of aromatic nitrogens is 1. The lowest BCUT2D eigenvalue weighted by atomic mass is 10.2. The van der Waals surface area contributed by atoms with Crippen LogP contribution in [0.4, 0.5) is 5.69 Å². The van der Waals surface area contributed by atoms with Gasteiger partial charge < -0.3 is 5.73 Å². The van der Waals surface area contributed by atoms with Crippen molar-refractivity contribution in [2.24, 2.45) is 0 Å². The highest BCUT2D eigenvalue weighted by molar-refractivity contribution is 7.88. The summed E-state index contributed by atoms with van der Waals surface area (Å²) >= 11 is 0. The summed E-state index contributed by atoms with van der Waals surface area (Å²) in [4.78, 5) is 3.94. The molecule has 0 amide bonds. The Hall–Kier alpha value is -1.92. The van der Waals surface area contributed by atoms with Gasteiger partial charge in [-0.3, -0.25) is 4.98 Å². The van der Waals surface area contributed by atoms with E-state index in [-0.39, 0.29) is 5.75 Å². The first-order chi connectivity index (χ1) is 10.0. The Kier molecular flexibility index (Phi) is 4.93. The third-order valence-electron chi connectivity index (χ3n) is 3.15. The van der Waals surface area contributed by atoms with Crippen LogP contribution in [0.2, 0.25) is 0 Å². The van der Waals surface area contributed by atoms with E-state index in [0.717, 1.165) is 5.56 Å². The number of nitrogen functional groups attached to an aromatic ring is 1. The smallest absolute Gasteiger partial charge is 0.218 e. The van der Waals surface area contributed by atoms with E-state index >= 15 is 0 Å². The summed E-state index contributed by atoms with van der Waals surface area (Å²) in [5.74, 6) is -0.0447. The van der Waals surface area contributed by atoms with E-state index in [9.17, 15) is 8.42 Å². The summed E-state index contributed by atoms with van der Waals surface area (Å²) in [5.41, 5.74) is 7.88. The fraction of sp³-hybridized carbons (Fsp3) is 0.267. The van der Waals surface area contributed by atoms with Crippen LogP contribution in [0, 0.1) is 0 Å². The molecule has 0 atom stereocenters. The molecule has 0 unspecified atom stereocenters. The first kappa shape index (κ1) is 15.5. The molecule has 0 aliphatic rings. The van der Waals surface area contributed by atoms with E-state index in [0.29, 0.717) is 24.3 Å². The van der Waals surface area contributed by atoms with Gasteiger partial charge in [0.2, 0.25) is 10.0 Å². The van der Waals surface area contributed by atoms with E-state index in [4.69, 9.17) is 5.73 Å². The molecule has 0 radical (unpaired) electrons. The third kappa shape index (κ3) is 4.27. The van der Waals surface area contributed by atoms with Crippen LogP contribution in [0.25, 0.3) is 0 Å². The van der Waals surface area contributed by atoms with Gasteiger partial charge in [0.15, 0.2) is 0 Å². The number of nitrogens with two attached hydrogens (primary N) is 1. The Balaban J connectivity index is 2.16. The molecule has 21 heavy (non-hydrogen) atoms. The molecule has 0 saturated heterocycles. The lowest BCUT2D eigenvalue weighted by Gasteiger charge is -2.20. The van der Waals surface area contributed by atoms with Gasteiger partial charge in [-0.25, -0.2) is 8.42 Å². The SMILES string of the molecule is CCN(Cc1ccncc1)S(=O)(=O)Cc1cccc(N)c1. The summed E-state index contributed by atoms with van der Waals surface area (Å²) in [5, 5.41) is 0. The van der Waals surface area contributed by atoms with Gasteiger partial charge in [0.1, 0.15) is 0 Å². The molecule has 0 aliphatic carbocycles. The molecule has 2 rings (SSSR count). The standard InChI is InChI=1S/C15H19N3O2S/c1-2-18(11-13-6-8-17-9-7-13)21(19,20)12-14-4-3-5-15(16)10-14/h3-10H,2,11-12,16H2,1H3. The van der Waals surface area contributed by atoms with Gasteiger partial charge in [-0.05, 0) is 35.4 Å². The largest absolute Gasteiger partial charge is 0.399 e. The topological polar surface area (TPSA) is 76.3 Å². The quantitative estimate of drug-likeness (QED) is 0.828. The summed E-state index contributed by atoms with van der Waals surface area (Å²) in [6.07, 6.45) is 3.32. The third-order valence-corrected chi connectivity index (χ3v) is 5.03. The molecule has 0 spiro atoms. The van der Waals surface area contributed by atoms with Crippen molar-refractivity contribution in [1.82, 2.24) is 9.29 Å². The average Bonchev–Trinajstić information content (AvgIpc) is 2.45. The zero-order chi connectivity index (χ0) is 15.3. The number of rotatable bonds is 6. The first-order valence-corrected chi connectivity index (χ1v) is 8.33. The Morgan fingerprint density at radius 1 is 1.14 bits per heavy atom. The Bertz CT molecular complexity index is 687. The summed E-state index contributed by atoms with van der Waals surface area (Å²) in [6.45, 7) is 2.61.